The average molecular weight is 817 g/mol. The van der Waals surface area contributed by atoms with Gasteiger partial charge in [0.25, 0.3) is 0 Å². The summed E-state index contributed by atoms with van der Waals surface area (Å²) in [7, 11) is -4.62. The van der Waals surface area contributed by atoms with Gasteiger partial charge in [-0.3, -0.25) is 18.6 Å². The van der Waals surface area contributed by atoms with E-state index in [2.05, 4.69) is 38.2 Å². The molecule has 0 heterocycles. The van der Waals surface area contributed by atoms with Gasteiger partial charge >= 0.3 is 19.8 Å². The van der Waals surface area contributed by atoms with Crippen molar-refractivity contribution in [1.82, 2.24) is 0 Å². The van der Waals surface area contributed by atoms with Gasteiger partial charge in [-0.2, -0.15) is 0 Å². The fourth-order valence-corrected chi connectivity index (χ4v) is 7.11. The number of esters is 2. The van der Waals surface area contributed by atoms with Crippen LogP contribution in [0.25, 0.3) is 0 Å². The minimum atomic E-state index is -4.62. The number of phosphoric acid groups is 1. The first-order chi connectivity index (χ1) is 27.2. The van der Waals surface area contributed by atoms with E-state index >= 15 is 0 Å². The van der Waals surface area contributed by atoms with Crippen molar-refractivity contribution in [2.24, 2.45) is 0 Å². The summed E-state index contributed by atoms with van der Waals surface area (Å²) in [6.45, 7) is 2.37. The van der Waals surface area contributed by atoms with Gasteiger partial charge in [-0.05, 0) is 44.9 Å². The summed E-state index contributed by atoms with van der Waals surface area (Å²) in [6.07, 6.45) is 41.3. The predicted molar refractivity (Wildman–Crippen MR) is 228 cm³/mol. The molecule has 0 amide bonds. The molecule has 1 unspecified atom stereocenters. The second-order valence-corrected chi connectivity index (χ2v) is 16.9. The molecule has 10 nitrogen and oxygen atoms in total. The SMILES string of the molecule is CCCCC/C=C/C/C=C/CCCCCCCCCC(=O)O[C@H](COC(=O)CCCCCCCCCCCCCCCCCC)COP(=O)(O)OC[C@@H](O)CO. The van der Waals surface area contributed by atoms with Crippen molar-refractivity contribution in [2.75, 3.05) is 26.4 Å². The van der Waals surface area contributed by atoms with E-state index in [4.69, 9.17) is 23.6 Å². The first-order valence-electron chi connectivity index (χ1n) is 22.8. The Hall–Kier alpha value is -1.55. The highest BCUT2D eigenvalue weighted by molar-refractivity contribution is 7.47. The number of rotatable bonds is 43. The number of aliphatic hydroxyl groups excluding tert-OH is 2. The van der Waals surface area contributed by atoms with Crippen LogP contribution in [0.15, 0.2) is 24.3 Å². The molecule has 0 aromatic rings. The van der Waals surface area contributed by atoms with Gasteiger partial charge in [0.1, 0.15) is 12.7 Å². The Labute approximate surface area is 342 Å². The van der Waals surface area contributed by atoms with E-state index < -0.39 is 51.8 Å². The highest BCUT2D eigenvalue weighted by Crippen LogP contribution is 2.43. The Morgan fingerprint density at radius 1 is 0.536 bits per heavy atom. The Kier molecular flexibility index (Phi) is 40.5. The number of phosphoric ester groups is 1. The highest BCUT2D eigenvalue weighted by atomic mass is 31.2. The molecule has 0 aromatic heterocycles. The number of carbonyl (C=O) groups is 2. The maximum atomic E-state index is 12.6. The van der Waals surface area contributed by atoms with Gasteiger partial charge in [0, 0.05) is 12.8 Å². The third-order valence-electron chi connectivity index (χ3n) is 9.86. The maximum Gasteiger partial charge on any atom is 0.472 e. The van der Waals surface area contributed by atoms with Crippen molar-refractivity contribution in [1.29, 1.82) is 0 Å². The van der Waals surface area contributed by atoms with E-state index in [-0.39, 0.29) is 19.4 Å². The number of allylic oxidation sites excluding steroid dienone is 4. The minimum absolute atomic E-state index is 0.178. The van der Waals surface area contributed by atoms with E-state index in [0.29, 0.717) is 12.8 Å². The lowest BCUT2D eigenvalue weighted by Gasteiger charge is -2.20. The van der Waals surface area contributed by atoms with Gasteiger partial charge in [0.2, 0.25) is 0 Å². The molecule has 0 aliphatic heterocycles. The van der Waals surface area contributed by atoms with Gasteiger partial charge in [-0.15, -0.1) is 0 Å². The van der Waals surface area contributed by atoms with Crippen LogP contribution in [0.4, 0.5) is 0 Å². The third-order valence-corrected chi connectivity index (χ3v) is 10.8. The van der Waals surface area contributed by atoms with Crippen molar-refractivity contribution in [3.8, 4) is 0 Å². The first-order valence-corrected chi connectivity index (χ1v) is 24.3. The van der Waals surface area contributed by atoms with Crippen LogP contribution < -0.4 is 0 Å². The molecule has 0 radical (unpaired) electrons. The Balaban J connectivity index is 4.26. The van der Waals surface area contributed by atoms with Gasteiger partial charge in [0.05, 0.1) is 19.8 Å². The number of ether oxygens (including phenoxy) is 2. The van der Waals surface area contributed by atoms with E-state index in [1.807, 2.05) is 0 Å². The molecule has 0 bridgehead atoms. The normalized spacial score (nSPS) is 14.0. The Morgan fingerprint density at radius 2 is 0.929 bits per heavy atom. The molecule has 0 saturated carbocycles. The number of unbranched alkanes of at least 4 members (excludes halogenated alkanes) is 25. The smallest absolute Gasteiger partial charge is 0.462 e. The van der Waals surface area contributed by atoms with Crippen molar-refractivity contribution in [3.05, 3.63) is 24.3 Å². The summed E-state index contributed by atoms with van der Waals surface area (Å²) >= 11 is 0. The second-order valence-electron chi connectivity index (χ2n) is 15.4. The van der Waals surface area contributed by atoms with Gasteiger partial charge in [-0.25, -0.2) is 4.57 Å². The second kappa shape index (κ2) is 41.6. The summed E-state index contributed by atoms with van der Waals surface area (Å²) < 4.78 is 32.8. The quantitative estimate of drug-likeness (QED) is 0.0235. The summed E-state index contributed by atoms with van der Waals surface area (Å²) in [5.74, 6) is -0.924. The zero-order valence-corrected chi connectivity index (χ0v) is 36.8. The molecule has 56 heavy (non-hydrogen) atoms. The van der Waals surface area contributed by atoms with Crippen molar-refractivity contribution in [3.63, 3.8) is 0 Å². The van der Waals surface area contributed by atoms with Crippen molar-refractivity contribution in [2.45, 2.75) is 225 Å². The molecular formula is C45H85O10P. The molecule has 0 saturated heterocycles. The van der Waals surface area contributed by atoms with E-state index in [1.54, 1.807) is 0 Å². The predicted octanol–water partition coefficient (Wildman–Crippen LogP) is 12.2. The zero-order chi connectivity index (χ0) is 41.2. The van der Waals surface area contributed by atoms with Crippen molar-refractivity contribution >= 4 is 19.8 Å². The molecule has 0 rings (SSSR count). The Morgan fingerprint density at radius 3 is 1.41 bits per heavy atom. The van der Waals surface area contributed by atoms with Crippen LogP contribution in [0.2, 0.25) is 0 Å². The van der Waals surface area contributed by atoms with Crippen LogP contribution in [0.1, 0.15) is 213 Å². The summed E-state index contributed by atoms with van der Waals surface area (Å²) in [6, 6.07) is 0. The van der Waals surface area contributed by atoms with Crippen LogP contribution in [0.5, 0.6) is 0 Å². The van der Waals surface area contributed by atoms with Gasteiger partial charge < -0.3 is 24.6 Å². The van der Waals surface area contributed by atoms with E-state index in [9.17, 15) is 24.2 Å². The molecule has 0 aliphatic carbocycles. The number of carbonyl (C=O) groups excluding carboxylic acids is 2. The van der Waals surface area contributed by atoms with Crippen LogP contribution in [-0.2, 0) is 32.7 Å². The average Bonchev–Trinajstić information content (AvgIpc) is 3.19. The number of aliphatic hydroxyl groups is 2. The fourth-order valence-electron chi connectivity index (χ4n) is 6.32. The van der Waals surface area contributed by atoms with E-state index in [1.165, 1.54) is 122 Å². The maximum absolute atomic E-state index is 12.6. The number of hydrogen-bond donors (Lipinski definition) is 3. The van der Waals surface area contributed by atoms with Crippen LogP contribution in [0.3, 0.4) is 0 Å². The van der Waals surface area contributed by atoms with Crippen molar-refractivity contribution < 1.29 is 47.8 Å². The van der Waals surface area contributed by atoms with Gasteiger partial charge in [0.15, 0.2) is 6.10 Å². The lowest BCUT2D eigenvalue weighted by atomic mass is 10.0. The third kappa shape index (κ3) is 40.6. The van der Waals surface area contributed by atoms with Crippen LogP contribution >= 0.6 is 7.82 Å². The lowest BCUT2D eigenvalue weighted by molar-refractivity contribution is -0.161. The Bertz CT molecular complexity index is 988. The molecule has 0 fully saturated rings. The fraction of sp³-hybridized carbons (Fsp3) is 0.867. The molecular weight excluding hydrogens is 731 g/mol. The molecule has 0 aliphatic rings. The van der Waals surface area contributed by atoms with E-state index in [0.717, 1.165) is 51.4 Å². The molecule has 3 N–H and O–H groups in total. The molecule has 11 heteroatoms. The molecule has 0 aromatic carbocycles. The highest BCUT2D eigenvalue weighted by Gasteiger charge is 2.27. The van der Waals surface area contributed by atoms with Gasteiger partial charge in [-0.1, -0.05) is 179 Å². The standard InChI is InChI=1S/C45H85O10P/c1-3-5-7-9-11-13-15-17-19-21-23-25-27-29-31-33-35-37-45(49)55-43(41-54-56(50,51)53-39-42(47)38-46)40-52-44(48)36-34-32-30-28-26-24-22-20-18-16-14-12-10-8-6-4-2/h11,13,17,19,42-43,46-47H,3-10,12,14-16,18,20-41H2,1-2H3,(H,50,51)/b13-11+,19-17+/t42-,43+/m0/s1. The van der Waals surface area contributed by atoms with Crippen LogP contribution in [-0.4, -0.2) is 65.7 Å². The minimum Gasteiger partial charge on any atom is -0.462 e. The number of hydrogen-bond acceptors (Lipinski definition) is 9. The monoisotopic (exact) mass is 817 g/mol. The summed E-state index contributed by atoms with van der Waals surface area (Å²) in [5.41, 5.74) is 0. The van der Waals surface area contributed by atoms with Crippen LogP contribution in [0, 0.1) is 0 Å². The largest absolute Gasteiger partial charge is 0.472 e. The molecule has 3 atom stereocenters. The molecule has 0 spiro atoms. The first kappa shape index (κ1) is 54.5. The zero-order valence-electron chi connectivity index (χ0n) is 35.9. The topological polar surface area (TPSA) is 149 Å². The summed E-state index contributed by atoms with van der Waals surface area (Å²) in [4.78, 5) is 35.0. The lowest BCUT2D eigenvalue weighted by Crippen LogP contribution is -2.29. The molecule has 330 valence electrons. The summed E-state index contributed by atoms with van der Waals surface area (Å²) in [5, 5.41) is 18.3.